The molecule has 4 heteroatoms. The molecule has 1 N–H and O–H groups in total. The third-order valence-electron chi connectivity index (χ3n) is 4.24. The number of hydrogen-bond acceptors (Lipinski definition) is 3. The lowest BCUT2D eigenvalue weighted by Crippen LogP contribution is -2.30. The van der Waals surface area contributed by atoms with E-state index in [0.29, 0.717) is 5.75 Å². The second kappa shape index (κ2) is 4.25. The molecule has 2 heterocycles. The zero-order chi connectivity index (χ0) is 14.6. The summed E-state index contributed by atoms with van der Waals surface area (Å²) in [5, 5.41) is 13.3. The zero-order valence-electron chi connectivity index (χ0n) is 12.0. The predicted octanol–water partition coefficient (Wildman–Crippen LogP) is 2.56. The average molecular weight is 282 g/mol. The molecule has 0 radical (unpaired) electrons. The summed E-state index contributed by atoms with van der Waals surface area (Å²) in [4.78, 5) is 0. The topological polar surface area (TPSA) is 42.6 Å². The van der Waals surface area contributed by atoms with E-state index in [0.717, 1.165) is 34.9 Å². The molecule has 0 aliphatic carbocycles. The van der Waals surface area contributed by atoms with Gasteiger partial charge in [-0.15, -0.1) is 0 Å². The highest BCUT2D eigenvalue weighted by molar-refractivity contribution is 6.06. The van der Waals surface area contributed by atoms with Crippen molar-refractivity contribution in [3.8, 4) is 17.2 Å². The average Bonchev–Trinajstić information content (AvgIpc) is 2.91. The van der Waals surface area contributed by atoms with Crippen molar-refractivity contribution in [1.82, 2.24) is 0 Å². The molecule has 0 spiro atoms. The molecule has 0 atom stereocenters. The number of nitrogens with zero attached hydrogens (tertiary/aromatic N) is 1. The Labute approximate surface area is 122 Å². The normalized spacial score (nSPS) is 13.0. The number of pyridine rings is 1. The van der Waals surface area contributed by atoms with E-state index in [-0.39, 0.29) is 5.75 Å². The summed E-state index contributed by atoms with van der Waals surface area (Å²) in [5.74, 6) is 1.51. The van der Waals surface area contributed by atoms with Gasteiger partial charge in [-0.2, -0.15) is 4.57 Å². The van der Waals surface area contributed by atoms with Crippen molar-refractivity contribution < 1.29 is 19.1 Å². The van der Waals surface area contributed by atoms with Crippen LogP contribution in [0.15, 0.2) is 30.5 Å². The van der Waals surface area contributed by atoms with E-state index in [9.17, 15) is 5.11 Å². The second-order valence-corrected chi connectivity index (χ2v) is 5.37. The van der Waals surface area contributed by atoms with Gasteiger partial charge in [0.2, 0.25) is 5.52 Å². The summed E-state index contributed by atoms with van der Waals surface area (Å²) in [6.45, 7) is 0.970. The third kappa shape index (κ3) is 1.65. The fraction of sp³-hybridized carbons (Fsp3) is 0.235. The first-order valence-electron chi connectivity index (χ1n) is 6.95. The second-order valence-electron chi connectivity index (χ2n) is 5.37. The van der Waals surface area contributed by atoms with Gasteiger partial charge in [0.15, 0.2) is 24.2 Å². The molecule has 4 nitrogen and oxygen atoms in total. The minimum atomic E-state index is 0.160. The molecule has 0 saturated heterocycles. The highest BCUT2D eigenvalue weighted by Gasteiger charge is 2.25. The van der Waals surface area contributed by atoms with Gasteiger partial charge < -0.3 is 14.6 Å². The number of hydrogen-bond donors (Lipinski definition) is 1. The largest absolute Gasteiger partial charge is 0.504 e. The maximum absolute atomic E-state index is 10.1. The lowest BCUT2D eigenvalue weighted by atomic mass is 10.0. The van der Waals surface area contributed by atoms with Crippen LogP contribution < -0.4 is 14.0 Å². The lowest BCUT2D eigenvalue weighted by Gasteiger charge is -2.08. The summed E-state index contributed by atoms with van der Waals surface area (Å²) < 4.78 is 12.9. The van der Waals surface area contributed by atoms with Crippen molar-refractivity contribution >= 4 is 21.7 Å². The molecule has 2 aromatic carbocycles. The molecule has 1 aliphatic rings. The molecule has 106 valence electrons. The van der Waals surface area contributed by atoms with Crippen molar-refractivity contribution in [2.75, 3.05) is 14.2 Å². The Balaban J connectivity index is 2.18. The Hall–Kier alpha value is -2.49. The Morgan fingerprint density at radius 2 is 1.90 bits per heavy atom. The molecular weight excluding hydrogens is 266 g/mol. The molecule has 1 aromatic heterocycles. The minimum Gasteiger partial charge on any atom is -0.504 e. The number of methoxy groups -OCH3 is 2. The Kier molecular flexibility index (Phi) is 2.48. The van der Waals surface area contributed by atoms with Gasteiger partial charge in [-0.1, -0.05) is 0 Å². The maximum atomic E-state index is 10.1. The van der Waals surface area contributed by atoms with E-state index in [1.807, 2.05) is 12.1 Å². The number of benzene rings is 2. The SMILES string of the molecule is COc1cc2c3c(c1)c1cc(O)c(OC)cc1c[n+]3CC2. The van der Waals surface area contributed by atoms with E-state index >= 15 is 0 Å². The van der Waals surface area contributed by atoms with Crippen LogP contribution in [0.4, 0.5) is 0 Å². The van der Waals surface area contributed by atoms with Crippen molar-refractivity contribution in [3.63, 3.8) is 0 Å². The van der Waals surface area contributed by atoms with E-state index < -0.39 is 0 Å². The van der Waals surface area contributed by atoms with Gasteiger partial charge in [0, 0.05) is 17.4 Å². The smallest absolute Gasteiger partial charge is 0.216 e. The number of fused-ring (bicyclic) bond motifs is 2. The molecule has 4 rings (SSSR count). The number of aryl methyl sites for hydroxylation is 2. The number of aromatic hydroxyl groups is 1. The first-order chi connectivity index (χ1) is 10.2. The van der Waals surface area contributed by atoms with Gasteiger partial charge in [0.25, 0.3) is 0 Å². The molecule has 0 bridgehead atoms. The fourth-order valence-corrected chi connectivity index (χ4v) is 3.26. The summed E-state index contributed by atoms with van der Waals surface area (Å²) in [7, 11) is 3.25. The van der Waals surface area contributed by atoms with Crippen LogP contribution in [0.2, 0.25) is 0 Å². The van der Waals surface area contributed by atoms with Crippen LogP contribution in [0.1, 0.15) is 5.56 Å². The van der Waals surface area contributed by atoms with Gasteiger partial charge in [0.05, 0.1) is 25.0 Å². The molecule has 0 amide bonds. The molecule has 3 aromatic rings. The van der Waals surface area contributed by atoms with E-state index in [1.165, 1.54) is 11.1 Å². The highest BCUT2D eigenvalue weighted by Crippen LogP contribution is 2.37. The van der Waals surface area contributed by atoms with Gasteiger partial charge in [-0.25, -0.2) is 0 Å². The van der Waals surface area contributed by atoms with E-state index in [2.05, 4.69) is 16.8 Å². The maximum Gasteiger partial charge on any atom is 0.216 e. The summed E-state index contributed by atoms with van der Waals surface area (Å²) in [6.07, 6.45) is 3.13. The molecule has 1 aliphatic heterocycles. The summed E-state index contributed by atoms with van der Waals surface area (Å²) in [5.41, 5.74) is 2.52. The van der Waals surface area contributed by atoms with Crippen LogP contribution in [0.5, 0.6) is 17.2 Å². The van der Waals surface area contributed by atoms with Crippen LogP contribution in [0.25, 0.3) is 21.7 Å². The van der Waals surface area contributed by atoms with Crippen LogP contribution in [-0.4, -0.2) is 19.3 Å². The molecule has 0 saturated carbocycles. The Morgan fingerprint density at radius 1 is 1.05 bits per heavy atom. The predicted molar refractivity (Wildman–Crippen MR) is 80.1 cm³/mol. The van der Waals surface area contributed by atoms with Crippen LogP contribution in [0, 0.1) is 0 Å². The van der Waals surface area contributed by atoms with Gasteiger partial charge in [0.1, 0.15) is 5.75 Å². The minimum absolute atomic E-state index is 0.160. The summed E-state index contributed by atoms with van der Waals surface area (Å²) >= 11 is 0. The standard InChI is InChI=1S/C17H15NO3/c1-20-12-5-10-3-4-18-9-11-6-16(21-2)15(19)8-13(11)14(7-12)17(10)18/h5-9H,3-4H2,1-2H3/p+1. The van der Waals surface area contributed by atoms with Crippen molar-refractivity contribution in [2.45, 2.75) is 13.0 Å². The molecule has 0 fully saturated rings. The quantitative estimate of drug-likeness (QED) is 0.580. The van der Waals surface area contributed by atoms with Crippen LogP contribution in [0.3, 0.4) is 0 Å². The highest BCUT2D eigenvalue weighted by atomic mass is 16.5. The van der Waals surface area contributed by atoms with Crippen LogP contribution in [-0.2, 0) is 13.0 Å². The Bertz CT molecular complexity index is 886. The van der Waals surface area contributed by atoms with Crippen molar-refractivity contribution in [1.29, 1.82) is 0 Å². The summed E-state index contributed by atoms with van der Waals surface area (Å²) in [6, 6.07) is 7.79. The number of rotatable bonds is 2. The first kappa shape index (κ1) is 12.3. The number of ether oxygens (including phenoxy) is 2. The van der Waals surface area contributed by atoms with Gasteiger partial charge >= 0.3 is 0 Å². The van der Waals surface area contributed by atoms with Gasteiger partial charge in [-0.3, -0.25) is 0 Å². The molecular formula is C17H16NO3+. The first-order valence-corrected chi connectivity index (χ1v) is 6.95. The fourth-order valence-electron chi connectivity index (χ4n) is 3.26. The van der Waals surface area contributed by atoms with Gasteiger partial charge in [-0.05, 0) is 24.3 Å². The Morgan fingerprint density at radius 3 is 2.67 bits per heavy atom. The van der Waals surface area contributed by atoms with Crippen molar-refractivity contribution in [3.05, 3.63) is 36.0 Å². The zero-order valence-corrected chi connectivity index (χ0v) is 12.0. The van der Waals surface area contributed by atoms with Crippen molar-refractivity contribution in [2.24, 2.45) is 0 Å². The number of phenolic OH excluding ortho intramolecular Hbond substituents is 1. The molecule has 21 heavy (non-hydrogen) atoms. The number of phenols is 1. The van der Waals surface area contributed by atoms with E-state index in [1.54, 1.807) is 20.3 Å². The molecule has 0 unspecified atom stereocenters. The van der Waals surface area contributed by atoms with Crippen LogP contribution >= 0.6 is 0 Å². The monoisotopic (exact) mass is 282 g/mol. The third-order valence-corrected chi connectivity index (χ3v) is 4.24. The number of aromatic nitrogens is 1. The van der Waals surface area contributed by atoms with E-state index in [4.69, 9.17) is 9.47 Å². The lowest BCUT2D eigenvalue weighted by molar-refractivity contribution is -0.662.